The zero-order chi connectivity index (χ0) is 20.4. The van der Waals surface area contributed by atoms with Crippen LogP contribution in [0.4, 0.5) is 0 Å². The van der Waals surface area contributed by atoms with Gasteiger partial charge in [0, 0.05) is 31.0 Å². The second-order valence-electron chi connectivity index (χ2n) is 7.53. The van der Waals surface area contributed by atoms with Crippen LogP contribution in [0.25, 0.3) is 0 Å². The quantitative estimate of drug-likeness (QED) is 0.641. The molecule has 1 aliphatic rings. The molecule has 0 bridgehead atoms. The molecule has 2 amide bonds. The van der Waals surface area contributed by atoms with Gasteiger partial charge in [0.05, 0.1) is 10.9 Å². The van der Waals surface area contributed by atoms with Gasteiger partial charge in [-0.2, -0.15) is 0 Å². The molecule has 0 fully saturated rings. The standard InChI is InChI=1S/C23H25N3O2S/c1-17(2)26(23(28)20-11-7-15-29-20)16-21(27)25-14-13-24-12-6-10-19(24)22(25)18-8-4-3-5-9-18/h3-12,15,17,22H,13-14,16H2,1-2H3/t22-/m0/s1. The number of carbonyl (C=O) groups excluding carboxylic acids is 2. The van der Waals surface area contributed by atoms with Gasteiger partial charge in [-0.25, -0.2) is 0 Å². The Morgan fingerprint density at radius 2 is 1.86 bits per heavy atom. The summed E-state index contributed by atoms with van der Waals surface area (Å²) in [6.07, 6.45) is 2.06. The van der Waals surface area contributed by atoms with Gasteiger partial charge in [-0.1, -0.05) is 36.4 Å². The number of amides is 2. The summed E-state index contributed by atoms with van der Waals surface area (Å²) in [5.41, 5.74) is 2.19. The van der Waals surface area contributed by atoms with Crippen molar-refractivity contribution in [2.24, 2.45) is 0 Å². The Kier molecular flexibility index (Phi) is 5.53. The normalized spacial score (nSPS) is 16.0. The molecule has 5 nitrogen and oxygen atoms in total. The van der Waals surface area contributed by atoms with Crippen molar-refractivity contribution < 1.29 is 9.59 Å². The molecule has 4 rings (SSSR count). The van der Waals surface area contributed by atoms with Gasteiger partial charge in [0.1, 0.15) is 6.54 Å². The van der Waals surface area contributed by atoms with Gasteiger partial charge in [0.25, 0.3) is 5.91 Å². The summed E-state index contributed by atoms with van der Waals surface area (Å²) in [7, 11) is 0. The first kappa shape index (κ1) is 19.5. The lowest BCUT2D eigenvalue weighted by Crippen LogP contribution is -2.49. The summed E-state index contributed by atoms with van der Waals surface area (Å²) >= 11 is 1.41. The molecule has 1 aromatic carbocycles. The summed E-state index contributed by atoms with van der Waals surface area (Å²) in [5.74, 6) is -0.107. The molecule has 150 valence electrons. The Labute approximate surface area is 175 Å². The van der Waals surface area contributed by atoms with E-state index in [0.29, 0.717) is 11.4 Å². The van der Waals surface area contributed by atoms with Crippen LogP contribution in [0.5, 0.6) is 0 Å². The molecule has 0 N–H and O–H groups in total. The third-order valence-electron chi connectivity index (χ3n) is 5.40. The van der Waals surface area contributed by atoms with Crippen molar-refractivity contribution in [2.75, 3.05) is 13.1 Å². The molecule has 0 radical (unpaired) electrons. The van der Waals surface area contributed by atoms with Gasteiger partial charge >= 0.3 is 0 Å². The number of hydrogen-bond donors (Lipinski definition) is 0. The number of fused-ring (bicyclic) bond motifs is 1. The van der Waals surface area contributed by atoms with E-state index >= 15 is 0 Å². The molecule has 0 saturated carbocycles. The molecule has 2 aromatic heterocycles. The molecule has 0 aliphatic carbocycles. The summed E-state index contributed by atoms with van der Waals surface area (Å²) in [4.78, 5) is 30.6. The zero-order valence-electron chi connectivity index (χ0n) is 16.7. The number of benzene rings is 1. The van der Waals surface area contributed by atoms with Gasteiger partial charge in [-0.15, -0.1) is 11.3 Å². The molecule has 3 aromatic rings. The predicted octanol–water partition coefficient (Wildman–Crippen LogP) is 4.03. The van der Waals surface area contributed by atoms with Crippen LogP contribution in [0.3, 0.4) is 0 Å². The van der Waals surface area contributed by atoms with Gasteiger partial charge in [-0.05, 0) is 43.0 Å². The molecule has 29 heavy (non-hydrogen) atoms. The molecule has 0 unspecified atom stereocenters. The lowest BCUT2D eigenvalue weighted by Gasteiger charge is -2.39. The van der Waals surface area contributed by atoms with E-state index in [1.807, 2.05) is 60.5 Å². The second-order valence-corrected chi connectivity index (χ2v) is 8.48. The first-order valence-corrected chi connectivity index (χ1v) is 10.8. The van der Waals surface area contributed by atoms with Crippen LogP contribution in [0, 0.1) is 0 Å². The molecule has 1 aliphatic heterocycles. The number of nitrogens with zero attached hydrogens (tertiary/aromatic N) is 3. The van der Waals surface area contributed by atoms with Crippen molar-refractivity contribution in [3.8, 4) is 0 Å². The highest BCUT2D eigenvalue weighted by molar-refractivity contribution is 7.12. The van der Waals surface area contributed by atoms with Gasteiger partial charge < -0.3 is 14.4 Å². The van der Waals surface area contributed by atoms with E-state index in [1.165, 1.54) is 11.3 Å². The maximum atomic E-state index is 13.4. The van der Waals surface area contributed by atoms with Crippen molar-refractivity contribution in [2.45, 2.75) is 32.5 Å². The van der Waals surface area contributed by atoms with Crippen molar-refractivity contribution in [3.05, 3.63) is 82.3 Å². The Balaban J connectivity index is 1.62. The van der Waals surface area contributed by atoms with Crippen LogP contribution in [-0.4, -0.2) is 45.3 Å². The molecule has 0 saturated heterocycles. The van der Waals surface area contributed by atoms with E-state index in [0.717, 1.165) is 17.8 Å². The number of thiophene rings is 1. The summed E-state index contributed by atoms with van der Waals surface area (Å²) in [6.45, 7) is 5.37. The van der Waals surface area contributed by atoms with Gasteiger partial charge in [0.2, 0.25) is 5.91 Å². The maximum absolute atomic E-state index is 13.4. The van der Waals surface area contributed by atoms with E-state index in [4.69, 9.17) is 0 Å². The minimum atomic E-state index is -0.140. The van der Waals surface area contributed by atoms with Crippen molar-refractivity contribution in [3.63, 3.8) is 0 Å². The highest BCUT2D eigenvalue weighted by Crippen LogP contribution is 2.32. The van der Waals surface area contributed by atoms with Crippen LogP contribution < -0.4 is 0 Å². The highest BCUT2D eigenvalue weighted by Gasteiger charge is 2.34. The fourth-order valence-corrected chi connectivity index (χ4v) is 4.58. The number of rotatable bonds is 5. The summed E-state index contributed by atoms with van der Waals surface area (Å²) < 4.78 is 2.21. The third-order valence-corrected chi connectivity index (χ3v) is 6.25. The van der Waals surface area contributed by atoms with E-state index in [9.17, 15) is 9.59 Å². The predicted molar refractivity (Wildman–Crippen MR) is 115 cm³/mol. The number of hydrogen-bond acceptors (Lipinski definition) is 3. The van der Waals surface area contributed by atoms with Gasteiger partial charge in [-0.3, -0.25) is 9.59 Å². The minimum absolute atomic E-state index is 0.0232. The minimum Gasteiger partial charge on any atom is -0.348 e. The van der Waals surface area contributed by atoms with Gasteiger partial charge in [0.15, 0.2) is 0 Å². The first-order chi connectivity index (χ1) is 14.1. The lowest BCUT2D eigenvalue weighted by molar-refractivity contribution is -0.135. The van der Waals surface area contributed by atoms with E-state index in [-0.39, 0.29) is 30.4 Å². The van der Waals surface area contributed by atoms with E-state index in [2.05, 4.69) is 29.0 Å². The van der Waals surface area contributed by atoms with Crippen molar-refractivity contribution in [1.82, 2.24) is 14.4 Å². The molecule has 3 heterocycles. The van der Waals surface area contributed by atoms with E-state index < -0.39 is 0 Å². The lowest BCUT2D eigenvalue weighted by atomic mass is 10.00. The van der Waals surface area contributed by atoms with Crippen molar-refractivity contribution >= 4 is 23.2 Å². The van der Waals surface area contributed by atoms with Crippen LogP contribution in [0.2, 0.25) is 0 Å². The van der Waals surface area contributed by atoms with Crippen LogP contribution >= 0.6 is 11.3 Å². The molecule has 1 atom stereocenters. The second kappa shape index (κ2) is 8.25. The smallest absolute Gasteiger partial charge is 0.264 e. The van der Waals surface area contributed by atoms with Crippen LogP contribution in [-0.2, 0) is 11.3 Å². The zero-order valence-corrected chi connectivity index (χ0v) is 17.5. The summed E-state index contributed by atoms with van der Waals surface area (Å²) in [5, 5.41) is 1.89. The molecular weight excluding hydrogens is 382 g/mol. The highest BCUT2D eigenvalue weighted by atomic mass is 32.1. The number of aromatic nitrogens is 1. The Morgan fingerprint density at radius 3 is 2.55 bits per heavy atom. The number of carbonyl (C=O) groups is 2. The monoisotopic (exact) mass is 407 g/mol. The molecule has 0 spiro atoms. The van der Waals surface area contributed by atoms with Crippen LogP contribution in [0.1, 0.15) is 40.8 Å². The van der Waals surface area contributed by atoms with Crippen LogP contribution in [0.15, 0.2) is 66.2 Å². The Hall–Kier alpha value is -2.86. The van der Waals surface area contributed by atoms with Crippen molar-refractivity contribution in [1.29, 1.82) is 0 Å². The fraction of sp³-hybridized carbons (Fsp3) is 0.304. The summed E-state index contributed by atoms with van der Waals surface area (Å²) in [6, 6.07) is 17.7. The largest absolute Gasteiger partial charge is 0.348 e. The maximum Gasteiger partial charge on any atom is 0.264 e. The molecule has 6 heteroatoms. The Bertz CT molecular complexity index is 979. The Morgan fingerprint density at radius 1 is 1.07 bits per heavy atom. The third kappa shape index (κ3) is 3.85. The fourth-order valence-electron chi connectivity index (χ4n) is 3.91. The first-order valence-electron chi connectivity index (χ1n) is 9.90. The molecular formula is C23H25N3O2S. The SMILES string of the molecule is CC(C)N(CC(=O)N1CCn2cccc2[C@@H]1c1ccccc1)C(=O)c1cccs1. The topological polar surface area (TPSA) is 45.6 Å². The van der Waals surface area contributed by atoms with E-state index in [1.54, 1.807) is 4.90 Å². The average Bonchev–Trinajstić information content (AvgIpc) is 3.42. The average molecular weight is 408 g/mol.